The van der Waals surface area contributed by atoms with E-state index in [0.29, 0.717) is 28.0 Å². The second-order valence-electron chi connectivity index (χ2n) is 5.89. The van der Waals surface area contributed by atoms with Gasteiger partial charge in [0.15, 0.2) is 6.61 Å². The minimum Gasteiger partial charge on any atom is -0.468 e. The Kier molecular flexibility index (Phi) is 4.42. The molecule has 142 valence electrons. The van der Waals surface area contributed by atoms with E-state index in [9.17, 15) is 17.6 Å². The van der Waals surface area contributed by atoms with E-state index in [0.717, 1.165) is 0 Å². The van der Waals surface area contributed by atoms with Crippen molar-refractivity contribution < 1.29 is 22.3 Å². The fourth-order valence-corrected chi connectivity index (χ4v) is 2.81. The van der Waals surface area contributed by atoms with Crippen LogP contribution >= 0.6 is 0 Å². The average Bonchev–Trinajstić information content (AvgIpc) is 3.07. The SMILES string of the molecule is Fc1ccc(-c2nn3c(OCC(F)(F)F)cccc3c2-c2ccncn2)cc1. The number of rotatable bonds is 4. The average molecular weight is 388 g/mol. The molecule has 4 aromatic rings. The molecule has 0 radical (unpaired) electrons. The Labute approximate surface area is 156 Å². The summed E-state index contributed by atoms with van der Waals surface area (Å²) in [6.07, 6.45) is -1.58. The second-order valence-corrected chi connectivity index (χ2v) is 5.89. The fraction of sp³-hybridized carbons (Fsp3) is 0.105. The summed E-state index contributed by atoms with van der Waals surface area (Å²) in [5.74, 6) is -0.483. The minimum atomic E-state index is -4.48. The fourth-order valence-electron chi connectivity index (χ4n) is 2.81. The Hall–Kier alpha value is -3.49. The van der Waals surface area contributed by atoms with E-state index in [1.54, 1.807) is 24.4 Å². The van der Waals surface area contributed by atoms with Gasteiger partial charge in [-0.15, -0.1) is 0 Å². The normalized spacial score (nSPS) is 11.7. The van der Waals surface area contributed by atoms with E-state index in [1.807, 2.05) is 0 Å². The number of hydrogen-bond acceptors (Lipinski definition) is 4. The predicted molar refractivity (Wildman–Crippen MR) is 93.2 cm³/mol. The molecule has 5 nitrogen and oxygen atoms in total. The van der Waals surface area contributed by atoms with Crippen LogP contribution in [0, 0.1) is 5.82 Å². The number of hydrogen-bond donors (Lipinski definition) is 0. The molecule has 0 aliphatic heterocycles. The molecule has 0 atom stereocenters. The monoisotopic (exact) mass is 388 g/mol. The van der Waals surface area contributed by atoms with E-state index < -0.39 is 18.6 Å². The Morgan fingerprint density at radius 2 is 1.79 bits per heavy atom. The van der Waals surface area contributed by atoms with Gasteiger partial charge < -0.3 is 4.74 Å². The van der Waals surface area contributed by atoms with Crippen LogP contribution in [0.4, 0.5) is 17.6 Å². The highest BCUT2D eigenvalue weighted by Gasteiger charge is 2.29. The Morgan fingerprint density at radius 3 is 2.46 bits per heavy atom. The molecule has 0 saturated heterocycles. The summed E-state index contributed by atoms with van der Waals surface area (Å²) < 4.78 is 57.3. The van der Waals surface area contributed by atoms with Crippen LogP contribution in [0.15, 0.2) is 61.1 Å². The highest BCUT2D eigenvalue weighted by Crippen LogP contribution is 2.35. The molecule has 0 aliphatic carbocycles. The number of nitrogens with zero attached hydrogens (tertiary/aromatic N) is 4. The number of halogens is 4. The van der Waals surface area contributed by atoms with E-state index in [2.05, 4.69) is 15.1 Å². The zero-order valence-electron chi connectivity index (χ0n) is 14.2. The summed E-state index contributed by atoms with van der Waals surface area (Å²) in [6.45, 7) is -1.44. The van der Waals surface area contributed by atoms with Crippen molar-refractivity contribution in [3.63, 3.8) is 0 Å². The van der Waals surface area contributed by atoms with E-state index in [-0.39, 0.29) is 5.88 Å². The Balaban J connectivity index is 1.93. The smallest absolute Gasteiger partial charge is 0.422 e. The second kappa shape index (κ2) is 6.91. The number of pyridine rings is 1. The van der Waals surface area contributed by atoms with Gasteiger partial charge in [-0.05, 0) is 36.4 Å². The van der Waals surface area contributed by atoms with Crippen LogP contribution < -0.4 is 4.74 Å². The lowest BCUT2D eigenvalue weighted by Crippen LogP contribution is -2.20. The van der Waals surface area contributed by atoms with Crippen LogP contribution in [0.5, 0.6) is 5.88 Å². The maximum Gasteiger partial charge on any atom is 0.422 e. The molecule has 0 fully saturated rings. The van der Waals surface area contributed by atoms with Crippen LogP contribution in [0.2, 0.25) is 0 Å². The summed E-state index contributed by atoms with van der Waals surface area (Å²) in [5.41, 5.74) is 2.61. The third-order valence-electron chi connectivity index (χ3n) is 3.96. The largest absolute Gasteiger partial charge is 0.468 e. The first-order valence-corrected chi connectivity index (χ1v) is 8.16. The van der Waals surface area contributed by atoms with Crippen molar-refractivity contribution in [2.45, 2.75) is 6.18 Å². The van der Waals surface area contributed by atoms with Gasteiger partial charge in [-0.2, -0.15) is 22.8 Å². The van der Waals surface area contributed by atoms with Gasteiger partial charge in [-0.25, -0.2) is 14.4 Å². The summed E-state index contributed by atoms with van der Waals surface area (Å²) in [6, 6.07) is 12.0. The molecule has 0 amide bonds. The summed E-state index contributed by atoms with van der Waals surface area (Å²) >= 11 is 0. The first-order valence-electron chi connectivity index (χ1n) is 8.16. The molecule has 0 aliphatic rings. The maximum atomic E-state index is 13.3. The number of alkyl halides is 3. The van der Waals surface area contributed by atoms with Gasteiger partial charge in [0.05, 0.1) is 16.8 Å². The predicted octanol–water partition coefficient (Wildman–Crippen LogP) is 4.54. The van der Waals surface area contributed by atoms with Crippen LogP contribution in [0.3, 0.4) is 0 Å². The zero-order valence-corrected chi connectivity index (χ0v) is 14.2. The molecule has 9 heteroatoms. The molecule has 1 aromatic carbocycles. The number of aromatic nitrogens is 4. The summed E-state index contributed by atoms with van der Waals surface area (Å²) in [7, 11) is 0. The number of benzene rings is 1. The molecule has 0 bridgehead atoms. The summed E-state index contributed by atoms with van der Waals surface area (Å²) in [5, 5.41) is 4.43. The lowest BCUT2D eigenvalue weighted by Gasteiger charge is -2.10. The molecule has 28 heavy (non-hydrogen) atoms. The van der Waals surface area contributed by atoms with Crippen LogP contribution in [0.25, 0.3) is 28.0 Å². The van der Waals surface area contributed by atoms with Gasteiger partial charge in [-0.3, -0.25) is 0 Å². The van der Waals surface area contributed by atoms with E-state index in [1.165, 1.54) is 41.2 Å². The molecule has 4 rings (SSSR count). The Morgan fingerprint density at radius 1 is 1.00 bits per heavy atom. The third kappa shape index (κ3) is 3.51. The first-order chi connectivity index (χ1) is 13.4. The highest BCUT2D eigenvalue weighted by atomic mass is 19.4. The minimum absolute atomic E-state index is 0.0708. The van der Waals surface area contributed by atoms with Crippen molar-refractivity contribution in [1.29, 1.82) is 0 Å². The number of ether oxygens (including phenoxy) is 1. The van der Waals surface area contributed by atoms with Crippen molar-refractivity contribution in [2.75, 3.05) is 6.61 Å². The summed E-state index contributed by atoms with van der Waals surface area (Å²) in [4.78, 5) is 8.12. The lowest BCUT2D eigenvalue weighted by molar-refractivity contribution is -0.154. The van der Waals surface area contributed by atoms with Gasteiger partial charge in [-0.1, -0.05) is 6.07 Å². The first kappa shape index (κ1) is 17.9. The molecule has 0 spiro atoms. The van der Waals surface area contributed by atoms with Crippen LogP contribution in [0.1, 0.15) is 0 Å². The molecule has 3 aromatic heterocycles. The lowest BCUT2D eigenvalue weighted by atomic mass is 10.0. The van der Waals surface area contributed by atoms with Gasteiger partial charge >= 0.3 is 6.18 Å². The van der Waals surface area contributed by atoms with Crippen molar-refractivity contribution in [1.82, 2.24) is 19.6 Å². The number of fused-ring (bicyclic) bond motifs is 1. The van der Waals surface area contributed by atoms with E-state index >= 15 is 0 Å². The van der Waals surface area contributed by atoms with E-state index in [4.69, 9.17) is 4.74 Å². The van der Waals surface area contributed by atoms with Crippen LogP contribution in [-0.4, -0.2) is 32.4 Å². The molecular formula is C19H12F4N4O. The standard InChI is InChI=1S/C19H12F4N4O/c20-13-6-4-12(5-7-13)18-17(14-8-9-24-11-25-14)15-2-1-3-16(27(15)26-18)28-10-19(21,22)23/h1-9,11H,10H2. The van der Waals surface area contributed by atoms with Crippen molar-refractivity contribution in [3.8, 4) is 28.4 Å². The van der Waals surface area contributed by atoms with Gasteiger partial charge in [0.2, 0.25) is 5.88 Å². The maximum absolute atomic E-state index is 13.3. The zero-order chi connectivity index (χ0) is 19.7. The molecule has 0 saturated carbocycles. The molecule has 0 unspecified atom stereocenters. The molecule has 3 heterocycles. The van der Waals surface area contributed by atoms with Crippen molar-refractivity contribution >= 4 is 5.52 Å². The molecule has 0 N–H and O–H groups in total. The Bertz CT molecular complexity index is 1110. The van der Waals surface area contributed by atoms with Crippen LogP contribution in [-0.2, 0) is 0 Å². The van der Waals surface area contributed by atoms with Gasteiger partial charge in [0.25, 0.3) is 0 Å². The van der Waals surface area contributed by atoms with Gasteiger partial charge in [0, 0.05) is 17.8 Å². The third-order valence-corrected chi connectivity index (χ3v) is 3.96. The highest BCUT2D eigenvalue weighted by molar-refractivity contribution is 5.91. The molecular weight excluding hydrogens is 376 g/mol. The van der Waals surface area contributed by atoms with Crippen molar-refractivity contribution in [2.24, 2.45) is 0 Å². The quantitative estimate of drug-likeness (QED) is 0.482. The topological polar surface area (TPSA) is 52.3 Å². The van der Waals surface area contributed by atoms with Crippen molar-refractivity contribution in [3.05, 3.63) is 66.9 Å². The van der Waals surface area contributed by atoms with Gasteiger partial charge in [0.1, 0.15) is 17.8 Å².